The SMILES string of the molecule is CC1C=CC(N(c2ccc(-c3cccc4ccccc34)cc2)c2ccccc2-c2cccc3sc4ccccc4c23)=CC1c1cccc(-c2cccc3c2sc2cc(-c4ccc5c(c4)sc4cccc(-c6ccccc6N(c6ccc(-c7cccc8ccccc78)cc6)c6cccc(-c7ccc8c(c7)sc7ccccc78)c6)c45)ccc23)c1. The average Bonchev–Trinajstić information content (AvgIpc) is 1.65. The van der Waals surface area contributed by atoms with Crippen molar-refractivity contribution >= 4 is 176 Å². The van der Waals surface area contributed by atoms with Crippen LogP contribution >= 0.6 is 45.3 Å². The molecule has 2 unspecified atom stereocenters. The molecule has 0 saturated heterocycles. The minimum Gasteiger partial charge on any atom is -0.310 e. The summed E-state index contributed by atoms with van der Waals surface area (Å²) in [5.74, 6) is 0.341. The Kier molecular flexibility index (Phi) is 16.8. The maximum atomic E-state index is 2.54. The zero-order chi connectivity index (χ0) is 77.2. The van der Waals surface area contributed by atoms with Gasteiger partial charge in [0.2, 0.25) is 0 Å². The molecular formula is C111H72N2S4. The molecule has 23 rings (SSSR count). The molecule has 0 fully saturated rings. The Bertz CT molecular complexity index is 7810. The molecule has 0 N–H and O–H groups in total. The standard InChI is InChI=1S/C111H72N2S4/c1-69-47-55-83(113(81-58-50-73(51-59-81)87-36-17-24-71-22-3-5-30-85(71)87)101-42-11-7-31-89(101)94-38-19-45-104-109(94)97-34-9-13-44-103(97)114-104)68-99(69)79-27-14-26-78(63-79)88-37-18-40-96-93-61-53-76(66-107(93)117-111(88)96)77-54-62-98-108(67-77)116-105-46-20-39-95(110(98)105)90-32-6-10-41-100(90)112(80-56-48-72(49-57-80)86-35-16-23-70-21-2-4-29-84(70)86)82-28-15-25-74(64-82)75-52-60-92-91-33-8-12-43-102(91)115-106(92)65-75/h2-69,99H,1H3. The number of fused-ring (bicyclic) bond motifs is 14. The quantitative estimate of drug-likeness (QED) is 0.107. The van der Waals surface area contributed by atoms with Gasteiger partial charge >= 0.3 is 0 Å². The number of para-hydroxylation sites is 2. The van der Waals surface area contributed by atoms with Crippen molar-refractivity contribution in [3.63, 3.8) is 0 Å². The van der Waals surface area contributed by atoms with Gasteiger partial charge in [-0.3, -0.25) is 0 Å². The number of allylic oxidation sites excluding steroid dienone is 3. The van der Waals surface area contributed by atoms with E-state index in [2.05, 4.69) is 423 Å². The Morgan fingerprint density at radius 3 is 1.30 bits per heavy atom. The van der Waals surface area contributed by atoms with Gasteiger partial charge in [0.15, 0.2) is 0 Å². The summed E-state index contributed by atoms with van der Waals surface area (Å²) in [5, 5.41) is 15.3. The fraction of sp³-hybridized carbons (Fsp3) is 0.0270. The van der Waals surface area contributed by atoms with Gasteiger partial charge in [0.1, 0.15) is 0 Å². The van der Waals surface area contributed by atoms with Gasteiger partial charge in [0.05, 0.1) is 11.4 Å². The van der Waals surface area contributed by atoms with Gasteiger partial charge < -0.3 is 9.80 Å². The highest BCUT2D eigenvalue weighted by atomic mass is 32.1. The molecule has 2 nitrogen and oxygen atoms in total. The van der Waals surface area contributed by atoms with E-state index in [0.29, 0.717) is 0 Å². The lowest BCUT2D eigenvalue weighted by atomic mass is 9.82. The van der Waals surface area contributed by atoms with E-state index in [9.17, 15) is 0 Å². The molecule has 2 atom stereocenters. The van der Waals surface area contributed by atoms with E-state index < -0.39 is 0 Å². The monoisotopic (exact) mass is 1560 g/mol. The number of anilines is 5. The van der Waals surface area contributed by atoms with Crippen LogP contribution < -0.4 is 9.80 Å². The fourth-order valence-electron chi connectivity index (χ4n) is 18.6. The predicted molar refractivity (Wildman–Crippen MR) is 510 cm³/mol. The van der Waals surface area contributed by atoms with Gasteiger partial charge in [-0.05, 0) is 197 Å². The third-order valence-electron chi connectivity index (χ3n) is 24.2. The smallest absolute Gasteiger partial charge is 0.0540 e. The molecule has 0 saturated carbocycles. The minimum atomic E-state index is 0.0973. The van der Waals surface area contributed by atoms with E-state index in [0.717, 1.165) is 34.1 Å². The van der Waals surface area contributed by atoms with Crippen LogP contribution in [0, 0.1) is 5.92 Å². The fourth-order valence-corrected chi connectivity index (χ4v) is 23.3. The molecule has 4 heterocycles. The van der Waals surface area contributed by atoms with E-state index in [4.69, 9.17) is 0 Å². The second-order valence-corrected chi connectivity index (χ2v) is 35.2. The maximum absolute atomic E-state index is 2.54. The summed E-state index contributed by atoms with van der Waals surface area (Å²) < 4.78 is 10.3. The first-order valence-electron chi connectivity index (χ1n) is 40.2. The Labute approximate surface area is 694 Å². The van der Waals surface area contributed by atoms with Crippen LogP contribution in [0.5, 0.6) is 0 Å². The molecule has 22 aromatic rings. The largest absolute Gasteiger partial charge is 0.310 e. The summed E-state index contributed by atoms with van der Waals surface area (Å²) in [5.41, 5.74) is 24.9. The molecule has 1 aliphatic carbocycles. The lowest BCUT2D eigenvalue weighted by Crippen LogP contribution is -2.21. The van der Waals surface area contributed by atoms with Crippen molar-refractivity contribution in [1.82, 2.24) is 0 Å². The van der Waals surface area contributed by atoms with E-state index in [-0.39, 0.29) is 11.8 Å². The van der Waals surface area contributed by atoms with Crippen LogP contribution in [0.15, 0.2) is 412 Å². The Hall–Kier alpha value is -13.6. The summed E-state index contributed by atoms with van der Waals surface area (Å²) in [4.78, 5) is 4.98. The zero-order valence-corrected chi connectivity index (χ0v) is 67.1. The molecule has 117 heavy (non-hydrogen) atoms. The molecule has 0 aliphatic heterocycles. The van der Waals surface area contributed by atoms with Crippen molar-refractivity contribution in [2.75, 3.05) is 9.80 Å². The molecule has 1 aliphatic rings. The zero-order valence-electron chi connectivity index (χ0n) is 63.9. The van der Waals surface area contributed by atoms with Gasteiger partial charge in [-0.1, -0.05) is 316 Å². The van der Waals surface area contributed by atoms with Crippen LogP contribution in [-0.2, 0) is 0 Å². The summed E-state index contributed by atoms with van der Waals surface area (Å²) >= 11 is 7.54. The first-order chi connectivity index (χ1) is 57.9. The molecule has 0 amide bonds. The average molecular weight is 1560 g/mol. The molecule has 0 radical (unpaired) electrons. The lowest BCUT2D eigenvalue weighted by molar-refractivity contribution is 0.629. The van der Waals surface area contributed by atoms with Gasteiger partial charge in [0.25, 0.3) is 0 Å². The second-order valence-electron chi connectivity index (χ2n) is 30.9. The third-order valence-corrected chi connectivity index (χ3v) is 28.8. The first kappa shape index (κ1) is 69.0. The number of thiophene rings is 4. The second kappa shape index (κ2) is 28.5. The summed E-state index contributed by atoms with van der Waals surface area (Å²) in [6.07, 6.45) is 7.33. The number of nitrogens with zero attached hydrogens (tertiary/aromatic N) is 2. The van der Waals surface area contributed by atoms with E-state index in [1.165, 1.54) is 186 Å². The number of hydrogen-bond donors (Lipinski definition) is 0. The summed E-state index contributed by atoms with van der Waals surface area (Å²) in [6, 6.07) is 145. The minimum absolute atomic E-state index is 0.0973. The van der Waals surface area contributed by atoms with Gasteiger partial charge in [-0.2, -0.15) is 0 Å². The molecule has 4 aromatic heterocycles. The van der Waals surface area contributed by atoms with E-state index in [1.54, 1.807) is 0 Å². The highest BCUT2D eigenvalue weighted by Crippen LogP contribution is 2.52. The highest BCUT2D eigenvalue weighted by molar-refractivity contribution is 7.27. The number of benzene rings is 18. The maximum Gasteiger partial charge on any atom is 0.0540 e. The van der Waals surface area contributed by atoms with Crippen LogP contribution in [-0.4, -0.2) is 0 Å². The topological polar surface area (TPSA) is 6.48 Å². The Morgan fingerprint density at radius 2 is 0.641 bits per heavy atom. The predicted octanol–water partition coefficient (Wildman–Crippen LogP) is 33.6. The van der Waals surface area contributed by atoms with Crippen molar-refractivity contribution in [2.24, 2.45) is 5.92 Å². The summed E-state index contributed by atoms with van der Waals surface area (Å²) in [7, 11) is 0. The van der Waals surface area contributed by atoms with Crippen LogP contribution in [0.4, 0.5) is 28.4 Å². The van der Waals surface area contributed by atoms with Gasteiger partial charge in [-0.25, -0.2) is 0 Å². The normalized spacial score (nSPS) is 13.7. The van der Waals surface area contributed by atoms with Crippen LogP contribution in [0.25, 0.3) is 180 Å². The Morgan fingerprint density at radius 1 is 0.239 bits per heavy atom. The molecule has 550 valence electrons. The van der Waals surface area contributed by atoms with Gasteiger partial charge in [0, 0.05) is 120 Å². The van der Waals surface area contributed by atoms with Crippen molar-refractivity contribution in [1.29, 1.82) is 0 Å². The molecular weight excluding hydrogens is 1490 g/mol. The summed E-state index contributed by atoms with van der Waals surface area (Å²) in [6.45, 7) is 2.37. The van der Waals surface area contributed by atoms with Gasteiger partial charge in [-0.15, -0.1) is 45.3 Å². The highest BCUT2D eigenvalue weighted by Gasteiger charge is 2.28. The Balaban J connectivity index is 0.584. The van der Waals surface area contributed by atoms with Crippen molar-refractivity contribution in [3.8, 4) is 77.9 Å². The molecule has 6 heteroatoms. The molecule has 18 aromatic carbocycles. The number of hydrogen-bond acceptors (Lipinski definition) is 6. The first-order valence-corrected chi connectivity index (χ1v) is 43.5. The van der Waals surface area contributed by atoms with Crippen LogP contribution in [0.3, 0.4) is 0 Å². The van der Waals surface area contributed by atoms with Crippen LogP contribution in [0.2, 0.25) is 0 Å². The van der Waals surface area contributed by atoms with Crippen LogP contribution in [0.1, 0.15) is 18.4 Å². The lowest BCUT2D eigenvalue weighted by Gasteiger charge is -2.33. The van der Waals surface area contributed by atoms with E-state index >= 15 is 0 Å². The molecule has 0 spiro atoms. The van der Waals surface area contributed by atoms with Crippen molar-refractivity contribution in [3.05, 3.63) is 418 Å². The number of rotatable bonds is 14. The van der Waals surface area contributed by atoms with Crippen molar-refractivity contribution in [2.45, 2.75) is 12.8 Å². The molecule has 0 bridgehead atoms. The van der Waals surface area contributed by atoms with E-state index in [1.807, 2.05) is 45.3 Å². The third kappa shape index (κ3) is 11.9. The van der Waals surface area contributed by atoms with Crippen molar-refractivity contribution < 1.29 is 0 Å².